The highest BCUT2D eigenvalue weighted by molar-refractivity contribution is 7.90. The second kappa shape index (κ2) is 8.65. The average Bonchev–Trinajstić information content (AvgIpc) is 2.53. The van der Waals surface area contributed by atoms with Crippen molar-refractivity contribution in [1.82, 2.24) is 4.31 Å². The quantitative estimate of drug-likeness (QED) is 0.334. The maximum absolute atomic E-state index is 12.7. The first kappa shape index (κ1) is 19.9. The molecule has 0 fully saturated rings. The molecule has 0 heterocycles. The minimum atomic E-state index is -5.60. The van der Waals surface area contributed by atoms with Crippen molar-refractivity contribution in [3.05, 3.63) is 11.6 Å². The molecule has 0 bridgehead atoms. The SMILES string of the molecule is COC(=O)C#CCCN(C#CC1=CCCCC1)S(=O)(=O)C(F)(F)F. The molecule has 0 aliphatic heterocycles. The number of methoxy groups -OCH3 is 1. The summed E-state index contributed by atoms with van der Waals surface area (Å²) in [4.78, 5) is 10.8. The Morgan fingerprint density at radius 2 is 2.08 bits per heavy atom. The Hall–Kier alpha value is -2.13. The van der Waals surface area contributed by atoms with E-state index in [1.54, 1.807) is 6.08 Å². The van der Waals surface area contributed by atoms with E-state index >= 15 is 0 Å². The number of alkyl halides is 3. The van der Waals surface area contributed by atoms with Crippen LogP contribution in [0, 0.1) is 23.8 Å². The fourth-order valence-corrected chi connectivity index (χ4v) is 2.54. The van der Waals surface area contributed by atoms with Gasteiger partial charge in [0.2, 0.25) is 0 Å². The summed E-state index contributed by atoms with van der Waals surface area (Å²) in [6.45, 7) is -0.605. The minimum Gasteiger partial charge on any atom is -0.459 e. The second-order valence-corrected chi connectivity index (χ2v) is 6.63. The van der Waals surface area contributed by atoms with Crippen molar-refractivity contribution < 1.29 is 31.1 Å². The van der Waals surface area contributed by atoms with E-state index in [0.29, 0.717) is 12.0 Å². The maximum atomic E-state index is 12.7. The van der Waals surface area contributed by atoms with Gasteiger partial charge in [-0.15, -0.1) is 0 Å². The summed E-state index contributed by atoms with van der Waals surface area (Å²) in [5, 5.41) is 0. The van der Waals surface area contributed by atoms with Crippen molar-refractivity contribution in [2.45, 2.75) is 37.6 Å². The lowest BCUT2D eigenvalue weighted by Crippen LogP contribution is -2.38. The predicted molar refractivity (Wildman–Crippen MR) is 80.4 cm³/mol. The zero-order valence-electron chi connectivity index (χ0n) is 12.9. The number of ether oxygens (including phenoxy) is 1. The van der Waals surface area contributed by atoms with Crippen LogP contribution in [0.15, 0.2) is 11.6 Å². The molecular formula is C15H16F3NO4S. The van der Waals surface area contributed by atoms with Crippen molar-refractivity contribution >= 4 is 16.0 Å². The van der Waals surface area contributed by atoms with Crippen LogP contribution < -0.4 is 0 Å². The van der Waals surface area contributed by atoms with E-state index in [9.17, 15) is 26.4 Å². The standard InChI is InChI=1S/C15H16F3NO4S/c1-23-14(20)9-5-6-11-19(24(21,22)15(16,17)18)12-10-13-7-3-2-4-8-13/h7H,2-4,6,8,11H2,1H3. The number of nitrogens with zero attached hydrogens (tertiary/aromatic N) is 1. The van der Waals surface area contributed by atoms with Crippen molar-refractivity contribution in [2.75, 3.05) is 13.7 Å². The van der Waals surface area contributed by atoms with Crippen molar-refractivity contribution in [3.8, 4) is 23.8 Å². The lowest BCUT2D eigenvalue weighted by Gasteiger charge is -2.18. The molecule has 132 valence electrons. The molecule has 9 heteroatoms. The lowest BCUT2D eigenvalue weighted by molar-refractivity contribution is -0.133. The van der Waals surface area contributed by atoms with Gasteiger partial charge >= 0.3 is 21.5 Å². The van der Waals surface area contributed by atoms with E-state index in [1.165, 1.54) is 0 Å². The molecule has 0 amide bonds. The molecule has 0 unspecified atom stereocenters. The van der Waals surface area contributed by atoms with Gasteiger partial charge in [0.05, 0.1) is 13.7 Å². The number of sulfonamides is 1. The number of carbonyl (C=O) groups is 1. The molecule has 0 atom stereocenters. The highest BCUT2D eigenvalue weighted by Crippen LogP contribution is 2.26. The summed E-state index contributed by atoms with van der Waals surface area (Å²) in [5.41, 5.74) is -4.84. The van der Waals surface area contributed by atoms with Crippen LogP contribution >= 0.6 is 0 Å². The Morgan fingerprint density at radius 1 is 1.38 bits per heavy atom. The molecule has 0 radical (unpaired) electrons. The zero-order valence-corrected chi connectivity index (χ0v) is 13.8. The molecule has 0 aromatic heterocycles. The molecule has 1 aliphatic rings. The Bertz CT molecular complexity index is 718. The van der Waals surface area contributed by atoms with E-state index < -0.39 is 28.0 Å². The summed E-state index contributed by atoms with van der Waals surface area (Å²) < 4.78 is 65.5. The predicted octanol–water partition coefficient (Wildman–Crippen LogP) is 2.17. The van der Waals surface area contributed by atoms with Gasteiger partial charge in [0.1, 0.15) is 0 Å². The monoisotopic (exact) mass is 363 g/mol. The van der Waals surface area contributed by atoms with E-state index in [1.807, 2.05) is 5.92 Å². The molecule has 0 saturated heterocycles. The van der Waals surface area contributed by atoms with Gasteiger partial charge in [0.15, 0.2) is 0 Å². The minimum absolute atomic E-state index is 0.0222. The van der Waals surface area contributed by atoms with Gasteiger partial charge in [0, 0.05) is 18.4 Å². The first-order valence-corrected chi connectivity index (χ1v) is 8.49. The van der Waals surface area contributed by atoms with Crippen molar-refractivity contribution in [1.29, 1.82) is 0 Å². The maximum Gasteiger partial charge on any atom is 0.517 e. The smallest absolute Gasteiger partial charge is 0.459 e. The fraction of sp³-hybridized carbons (Fsp3) is 0.533. The van der Waals surface area contributed by atoms with Crippen molar-refractivity contribution in [3.63, 3.8) is 0 Å². The topological polar surface area (TPSA) is 63.7 Å². The van der Waals surface area contributed by atoms with Crippen LogP contribution in [-0.4, -0.2) is 37.9 Å². The third-order valence-electron chi connectivity index (χ3n) is 3.03. The van der Waals surface area contributed by atoms with Crippen LogP contribution in [0.5, 0.6) is 0 Å². The Kier molecular flexibility index (Phi) is 7.18. The Morgan fingerprint density at radius 3 is 2.62 bits per heavy atom. The van der Waals surface area contributed by atoms with Gasteiger partial charge in [-0.05, 0) is 37.2 Å². The van der Waals surface area contributed by atoms with Crippen LogP contribution in [0.1, 0.15) is 32.1 Å². The number of rotatable bonds is 3. The molecule has 1 rings (SSSR count). The van der Waals surface area contributed by atoms with Crippen molar-refractivity contribution in [2.24, 2.45) is 0 Å². The summed E-state index contributed by atoms with van der Waals surface area (Å²) in [6.07, 6.45) is 4.69. The van der Waals surface area contributed by atoms with Crippen LogP contribution in [0.3, 0.4) is 0 Å². The van der Waals surface area contributed by atoms with Gasteiger partial charge < -0.3 is 4.74 Å². The molecular weight excluding hydrogens is 347 g/mol. The lowest BCUT2D eigenvalue weighted by atomic mass is 10.0. The van der Waals surface area contributed by atoms with Gasteiger partial charge in [-0.2, -0.15) is 21.6 Å². The Balaban J connectivity index is 2.95. The third-order valence-corrected chi connectivity index (χ3v) is 4.47. The second-order valence-electron chi connectivity index (χ2n) is 4.78. The first-order chi connectivity index (χ1) is 11.2. The normalized spacial score (nSPS) is 14.4. The summed E-state index contributed by atoms with van der Waals surface area (Å²) >= 11 is 0. The summed E-state index contributed by atoms with van der Waals surface area (Å²) in [7, 11) is -4.50. The Labute approximate surface area is 138 Å². The van der Waals surface area contributed by atoms with Crippen LogP contribution in [-0.2, 0) is 19.6 Å². The summed E-state index contributed by atoms with van der Waals surface area (Å²) in [6, 6.07) is 2.06. The van der Waals surface area contributed by atoms with Gasteiger partial charge in [-0.25, -0.2) is 9.10 Å². The molecule has 0 aromatic rings. The van der Waals surface area contributed by atoms with E-state index in [2.05, 4.69) is 22.6 Å². The van der Waals surface area contributed by atoms with Crippen LogP contribution in [0.2, 0.25) is 0 Å². The number of hydrogen-bond acceptors (Lipinski definition) is 4. The van der Waals surface area contributed by atoms with Gasteiger partial charge in [0.25, 0.3) is 0 Å². The highest BCUT2D eigenvalue weighted by Gasteiger charge is 2.49. The van der Waals surface area contributed by atoms with Gasteiger partial charge in [-0.1, -0.05) is 12.0 Å². The molecule has 5 nitrogen and oxygen atoms in total. The highest BCUT2D eigenvalue weighted by atomic mass is 32.2. The summed E-state index contributed by atoms with van der Waals surface area (Å²) in [5.74, 6) is 5.87. The average molecular weight is 363 g/mol. The molecule has 0 spiro atoms. The zero-order chi connectivity index (χ0) is 18.2. The molecule has 0 N–H and O–H groups in total. The molecule has 0 saturated carbocycles. The van der Waals surface area contributed by atoms with Crippen LogP contribution in [0.25, 0.3) is 0 Å². The largest absolute Gasteiger partial charge is 0.517 e. The van der Waals surface area contributed by atoms with E-state index in [4.69, 9.17) is 0 Å². The molecule has 24 heavy (non-hydrogen) atoms. The number of carbonyl (C=O) groups excluding carboxylic acids is 1. The number of allylic oxidation sites excluding steroid dienone is 2. The molecule has 0 aromatic carbocycles. The molecule has 1 aliphatic carbocycles. The number of hydrogen-bond donors (Lipinski definition) is 0. The number of halogens is 3. The van der Waals surface area contributed by atoms with E-state index in [-0.39, 0.29) is 10.7 Å². The van der Waals surface area contributed by atoms with E-state index in [0.717, 1.165) is 26.4 Å². The van der Waals surface area contributed by atoms with Gasteiger partial charge in [-0.3, -0.25) is 0 Å². The third kappa shape index (κ3) is 5.82. The first-order valence-electron chi connectivity index (χ1n) is 7.05. The van der Waals surface area contributed by atoms with Crippen LogP contribution in [0.4, 0.5) is 13.2 Å². The fourth-order valence-electron chi connectivity index (χ4n) is 1.79. The number of esters is 1.